The average Bonchev–Trinajstić information content (AvgIpc) is 2.77. The number of phosphoric acid groups is 3. The highest BCUT2D eigenvalue weighted by atomic mass is 31.3. The molecule has 6 N–H and O–H groups in total. The van der Waals surface area contributed by atoms with E-state index in [-0.39, 0.29) is 6.42 Å². The Hall–Kier alpha value is -0.990. The van der Waals surface area contributed by atoms with E-state index < -0.39 is 59.3 Å². The fourth-order valence-corrected chi connectivity index (χ4v) is 5.46. The number of nitrogens with zero attached hydrogens (tertiary/aromatic N) is 1. The van der Waals surface area contributed by atoms with E-state index in [1.807, 2.05) is 4.98 Å². The SMILES string of the molecule is CC1(COP(=O)(O)OP(=O)(O)OP(=O)(O)O)OC(n2ccc(=O)[nH]c2=O)CC1O. The van der Waals surface area contributed by atoms with Crippen LogP contribution in [-0.4, -0.2) is 52.5 Å². The van der Waals surface area contributed by atoms with Crippen LogP contribution in [0.2, 0.25) is 0 Å². The molecule has 1 saturated heterocycles. The lowest BCUT2D eigenvalue weighted by Gasteiger charge is -2.28. The Kier molecular flexibility index (Phi) is 6.92. The maximum Gasteiger partial charge on any atom is 0.490 e. The Balaban J connectivity index is 2.08. The van der Waals surface area contributed by atoms with Gasteiger partial charge in [-0.3, -0.25) is 18.9 Å². The van der Waals surface area contributed by atoms with E-state index in [9.17, 15) is 33.3 Å². The highest BCUT2D eigenvalue weighted by molar-refractivity contribution is 7.66. The van der Waals surface area contributed by atoms with Gasteiger partial charge in [0.15, 0.2) is 0 Å². The van der Waals surface area contributed by atoms with Gasteiger partial charge in [0, 0.05) is 18.7 Å². The number of aliphatic hydroxyl groups excluding tert-OH is 1. The lowest BCUT2D eigenvalue weighted by molar-refractivity contribution is -0.114. The Morgan fingerprint density at radius 2 is 1.83 bits per heavy atom. The van der Waals surface area contributed by atoms with E-state index in [4.69, 9.17) is 19.4 Å². The minimum absolute atomic E-state index is 0.192. The zero-order valence-corrected chi connectivity index (χ0v) is 17.1. The van der Waals surface area contributed by atoms with Gasteiger partial charge >= 0.3 is 29.2 Å². The third-order valence-corrected chi connectivity index (χ3v) is 7.41. The quantitative estimate of drug-likeness (QED) is 0.241. The molecule has 1 fully saturated rings. The second-order valence-electron chi connectivity index (χ2n) is 6.02. The first-order chi connectivity index (χ1) is 13.0. The lowest BCUT2D eigenvalue weighted by Crippen LogP contribution is -2.40. The predicted octanol–water partition coefficient (Wildman–Crippen LogP) is -1.08. The van der Waals surface area contributed by atoms with Crippen molar-refractivity contribution in [2.45, 2.75) is 31.3 Å². The first kappa shape index (κ1) is 24.3. The van der Waals surface area contributed by atoms with Gasteiger partial charge in [-0.25, -0.2) is 18.5 Å². The molecule has 0 spiro atoms. The number of aromatic nitrogens is 2. The molecule has 2 heterocycles. The molecule has 0 aliphatic carbocycles. The summed E-state index contributed by atoms with van der Waals surface area (Å²) < 4.78 is 51.7. The molecule has 1 aliphatic heterocycles. The second-order valence-corrected chi connectivity index (χ2v) is 10.4. The third-order valence-electron chi connectivity index (χ3n) is 3.63. The Morgan fingerprint density at radius 3 is 2.38 bits per heavy atom. The average molecular weight is 482 g/mol. The molecule has 1 aromatic heterocycles. The van der Waals surface area contributed by atoms with E-state index in [1.165, 1.54) is 6.92 Å². The summed E-state index contributed by atoms with van der Waals surface area (Å²) in [6, 6.07) is 1.03. The molecule has 16 nitrogen and oxygen atoms in total. The van der Waals surface area contributed by atoms with Crippen LogP contribution >= 0.6 is 23.5 Å². The summed E-state index contributed by atoms with van der Waals surface area (Å²) in [5.74, 6) is 0. The summed E-state index contributed by atoms with van der Waals surface area (Å²) in [4.78, 5) is 60.4. The predicted molar refractivity (Wildman–Crippen MR) is 90.3 cm³/mol. The Labute approximate surface area is 161 Å². The number of aliphatic hydroxyl groups is 1. The van der Waals surface area contributed by atoms with E-state index in [1.54, 1.807) is 0 Å². The maximum atomic E-state index is 11.8. The van der Waals surface area contributed by atoms with Crippen LogP contribution in [0.3, 0.4) is 0 Å². The Bertz CT molecular complexity index is 1010. The summed E-state index contributed by atoms with van der Waals surface area (Å²) in [5, 5.41) is 10.2. The molecule has 0 aromatic carbocycles. The van der Waals surface area contributed by atoms with E-state index >= 15 is 0 Å². The van der Waals surface area contributed by atoms with Crippen molar-refractivity contribution in [2.75, 3.05) is 6.61 Å². The number of H-pyrrole nitrogens is 1. The summed E-state index contributed by atoms with van der Waals surface area (Å²) in [7, 11) is -16.6. The molecule has 0 radical (unpaired) electrons. The topological polar surface area (TPSA) is 244 Å². The molecule has 5 unspecified atom stereocenters. The fourth-order valence-electron chi connectivity index (χ4n) is 2.35. The van der Waals surface area contributed by atoms with Gasteiger partial charge in [0.05, 0.1) is 12.7 Å². The van der Waals surface area contributed by atoms with Crippen molar-refractivity contribution >= 4 is 23.5 Å². The number of hydrogen-bond acceptors (Lipinski definition) is 10. The Morgan fingerprint density at radius 1 is 1.21 bits per heavy atom. The van der Waals surface area contributed by atoms with Crippen molar-refractivity contribution < 1.29 is 56.3 Å². The van der Waals surface area contributed by atoms with Crippen LogP contribution < -0.4 is 11.2 Å². The molecule has 166 valence electrons. The standard InChI is InChI=1S/C10H17N2O14P3/c1-10(5-23-28(19,20)26-29(21,22)25-27(16,17)18)6(13)4-8(24-10)12-3-2-7(14)11-9(12)15/h2-3,6,8,13H,4-5H2,1H3,(H,19,20)(H,21,22)(H,11,14,15)(H2,16,17,18). The number of nitrogens with one attached hydrogen (secondary N) is 1. The van der Waals surface area contributed by atoms with Crippen molar-refractivity contribution in [3.8, 4) is 0 Å². The molecule has 5 atom stereocenters. The summed E-state index contributed by atoms with van der Waals surface area (Å²) in [6.07, 6.45) is -1.54. The highest BCUT2D eigenvalue weighted by Crippen LogP contribution is 2.66. The van der Waals surface area contributed by atoms with Crippen LogP contribution in [0.15, 0.2) is 21.9 Å². The first-order valence-electron chi connectivity index (χ1n) is 7.48. The van der Waals surface area contributed by atoms with Crippen molar-refractivity contribution in [3.05, 3.63) is 33.1 Å². The lowest BCUT2D eigenvalue weighted by atomic mass is 10.0. The zero-order chi connectivity index (χ0) is 22.3. The zero-order valence-electron chi connectivity index (χ0n) is 14.4. The molecule has 0 amide bonds. The van der Waals surface area contributed by atoms with Crippen LogP contribution in [-0.2, 0) is 31.6 Å². The normalized spacial score (nSPS) is 29.3. The molecule has 29 heavy (non-hydrogen) atoms. The van der Waals surface area contributed by atoms with Gasteiger partial charge in [0.25, 0.3) is 5.56 Å². The van der Waals surface area contributed by atoms with Gasteiger partial charge < -0.3 is 29.4 Å². The molecule has 1 aromatic rings. The number of ether oxygens (including phenoxy) is 1. The van der Waals surface area contributed by atoms with Crippen LogP contribution in [0.1, 0.15) is 19.6 Å². The number of phosphoric ester groups is 1. The van der Waals surface area contributed by atoms with Gasteiger partial charge in [-0.15, -0.1) is 0 Å². The van der Waals surface area contributed by atoms with Crippen molar-refractivity contribution in [1.29, 1.82) is 0 Å². The van der Waals surface area contributed by atoms with Gasteiger partial charge in [-0.05, 0) is 6.92 Å². The second kappa shape index (κ2) is 8.27. The van der Waals surface area contributed by atoms with Crippen molar-refractivity contribution in [2.24, 2.45) is 0 Å². The van der Waals surface area contributed by atoms with Crippen LogP contribution in [0, 0.1) is 0 Å². The van der Waals surface area contributed by atoms with E-state index in [0.29, 0.717) is 0 Å². The van der Waals surface area contributed by atoms with Gasteiger partial charge in [0.1, 0.15) is 11.8 Å². The molecule has 0 saturated carbocycles. The van der Waals surface area contributed by atoms with Crippen LogP contribution in [0.4, 0.5) is 0 Å². The monoisotopic (exact) mass is 482 g/mol. The van der Waals surface area contributed by atoms with Crippen LogP contribution in [0.25, 0.3) is 0 Å². The van der Waals surface area contributed by atoms with Gasteiger partial charge in [-0.1, -0.05) is 0 Å². The van der Waals surface area contributed by atoms with E-state index in [2.05, 4.69) is 13.1 Å². The number of aromatic amines is 1. The first-order valence-corrected chi connectivity index (χ1v) is 12.0. The van der Waals surface area contributed by atoms with E-state index in [0.717, 1.165) is 16.8 Å². The van der Waals surface area contributed by atoms with Gasteiger partial charge in [0.2, 0.25) is 0 Å². The largest absolute Gasteiger partial charge is 0.490 e. The maximum absolute atomic E-state index is 11.8. The fraction of sp³-hybridized carbons (Fsp3) is 0.600. The number of rotatable bonds is 8. The molecular weight excluding hydrogens is 465 g/mol. The molecule has 2 rings (SSSR count). The van der Waals surface area contributed by atoms with Crippen molar-refractivity contribution in [1.82, 2.24) is 9.55 Å². The summed E-state index contributed by atoms with van der Waals surface area (Å²) >= 11 is 0. The molecule has 1 aliphatic rings. The molecular formula is C10H17N2O14P3. The van der Waals surface area contributed by atoms with Crippen LogP contribution in [0.5, 0.6) is 0 Å². The van der Waals surface area contributed by atoms with Gasteiger partial charge in [-0.2, -0.15) is 8.62 Å². The third kappa shape index (κ3) is 6.76. The number of hydrogen-bond donors (Lipinski definition) is 6. The summed E-state index contributed by atoms with van der Waals surface area (Å²) in [5.41, 5.74) is -3.22. The smallest absolute Gasteiger partial charge is 0.390 e. The minimum Gasteiger partial charge on any atom is -0.390 e. The highest BCUT2D eigenvalue weighted by Gasteiger charge is 2.48. The summed E-state index contributed by atoms with van der Waals surface area (Å²) in [6.45, 7) is 0.311. The molecule has 19 heteroatoms. The van der Waals surface area contributed by atoms with Crippen molar-refractivity contribution in [3.63, 3.8) is 0 Å². The minimum atomic E-state index is -5.69. The molecule has 0 bridgehead atoms.